The topological polar surface area (TPSA) is 50.4 Å². The molecule has 0 bridgehead atoms. The van der Waals surface area contributed by atoms with Gasteiger partial charge >= 0.3 is 0 Å². The Morgan fingerprint density at radius 1 is 1.18 bits per heavy atom. The number of carbonyl (C=O) groups is 1. The van der Waals surface area contributed by atoms with Crippen LogP contribution in [0.2, 0.25) is 5.02 Å². The van der Waals surface area contributed by atoms with Crippen molar-refractivity contribution in [3.05, 3.63) is 52.5 Å². The van der Waals surface area contributed by atoms with Crippen molar-refractivity contribution in [2.75, 3.05) is 24.3 Å². The number of methoxy groups -OCH3 is 1. The molecule has 116 valence electrons. The first kappa shape index (κ1) is 16.2. The van der Waals surface area contributed by atoms with Crippen LogP contribution >= 0.6 is 11.6 Å². The summed E-state index contributed by atoms with van der Waals surface area (Å²) < 4.78 is 5.21. The van der Waals surface area contributed by atoms with E-state index in [2.05, 4.69) is 10.6 Å². The Morgan fingerprint density at radius 3 is 2.50 bits per heavy atom. The molecule has 0 unspecified atom stereocenters. The fourth-order valence-electron chi connectivity index (χ4n) is 2.23. The van der Waals surface area contributed by atoms with Crippen molar-refractivity contribution in [1.29, 1.82) is 0 Å². The zero-order chi connectivity index (χ0) is 16.1. The number of anilines is 2. The van der Waals surface area contributed by atoms with Crippen LogP contribution in [0.3, 0.4) is 0 Å². The first-order valence-corrected chi connectivity index (χ1v) is 7.32. The van der Waals surface area contributed by atoms with Crippen molar-refractivity contribution in [3.8, 4) is 5.75 Å². The molecular weight excluding hydrogens is 300 g/mol. The van der Waals surface area contributed by atoms with E-state index < -0.39 is 0 Å². The highest BCUT2D eigenvalue weighted by Crippen LogP contribution is 2.27. The van der Waals surface area contributed by atoms with Gasteiger partial charge in [-0.25, -0.2) is 0 Å². The van der Waals surface area contributed by atoms with Crippen molar-refractivity contribution in [2.24, 2.45) is 0 Å². The van der Waals surface area contributed by atoms with Crippen LogP contribution in [-0.2, 0) is 4.79 Å². The van der Waals surface area contributed by atoms with Gasteiger partial charge in [-0.15, -0.1) is 0 Å². The van der Waals surface area contributed by atoms with Crippen molar-refractivity contribution >= 4 is 28.9 Å². The summed E-state index contributed by atoms with van der Waals surface area (Å²) in [5.41, 5.74) is 3.75. The summed E-state index contributed by atoms with van der Waals surface area (Å²) in [6, 6.07) is 11.1. The van der Waals surface area contributed by atoms with E-state index in [0.717, 1.165) is 16.8 Å². The predicted octanol–water partition coefficient (Wildman–Crippen LogP) is 4.02. The number of ether oxygens (including phenoxy) is 1. The lowest BCUT2D eigenvalue weighted by Crippen LogP contribution is -2.22. The van der Waals surface area contributed by atoms with Gasteiger partial charge in [0.1, 0.15) is 5.75 Å². The van der Waals surface area contributed by atoms with Crippen molar-refractivity contribution in [1.82, 2.24) is 0 Å². The molecule has 22 heavy (non-hydrogen) atoms. The number of nitrogens with one attached hydrogen (secondary N) is 2. The third kappa shape index (κ3) is 3.92. The molecule has 0 aliphatic rings. The molecule has 4 nitrogen and oxygen atoms in total. The summed E-state index contributed by atoms with van der Waals surface area (Å²) in [6.07, 6.45) is 0. The van der Waals surface area contributed by atoms with Crippen LogP contribution < -0.4 is 15.4 Å². The molecule has 0 aliphatic carbocycles. The van der Waals surface area contributed by atoms with E-state index in [1.807, 2.05) is 32.0 Å². The molecule has 0 fully saturated rings. The zero-order valence-electron chi connectivity index (χ0n) is 12.9. The second kappa shape index (κ2) is 7.18. The zero-order valence-corrected chi connectivity index (χ0v) is 13.6. The average Bonchev–Trinajstić information content (AvgIpc) is 2.47. The Bertz CT molecular complexity index is 666. The van der Waals surface area contributed by atoms with E-state index in [9.17, 15) is 4.79 Å². The Balaban J connectivity index is 2.03. The number of benzene rings is 2. The maximum atomic E-state index is 12.1. The van der Waals surface area contributed by atoms with Gasteiger partial charge in [-0.1, -0.05) is 29.8 Å². The number of amides is 1. The van der Waals surface area contributed by atoms with Gasteiger partial charge < -0.3 is 15.4 Å². The summed E-state index contributed by atoms with van der Waals surface area (Å²) in [5.74, 6) is 0.410. The third-order valence-corrected chi connectivity index (χ3v) is 3.58. The summed E-state index contributed by atoms with van der Waals surface area (Å²) in [5, 5.41) is 6.51. The standard InChI is InChI=1S/C17H19ClN2O2/c1-11-5-4-6-12(2)17(11)19-10-16(21)20-14-9-13(18)7-8-15(14)22-3/h4-9,19H,10H2,1-3H3,(H,20,21). The molecule has 2 N–H and O–H groups in total. The molecule has 0 aromatic heterocycles. The summed E-state index contributed by atoms with van der Waals surface area (Å²) in [4.78, 5) is 12.1. The maximum absolute atomic E-state index is 12.1. The second-order valence-corrected chi connectivity index (χ2v) is 5.45. The first-order chi connectivity index (χ1) is 10.5. The van der Waals surface area contributed by atoms with Crippen molar-refractivity contribution < 1.29 is 9.53 Å². The molecule has 1 amide bonds. The largest absolute Gasteiger partial charge is 0.495 e. The quantitative estimate of drug-likeness (QED) is 0.875. The molecule has 0 saturated carbocycles. The van der Waals surface area contributed by atoms with Gasteiger partial charge in [0.05, 0.1) is 19.3 Å². The maximum Gasteiger partial charge on any atom is 0.243 e. The highest BCUT2D eigenvalue weighted by atomic mass is 35.5. The highest BCUT2D eigenvalue weighted by molar-refractivity contribution is 6.31. The van der Waals surface area contributed by atoms with Gasteiger partial charge in [0.2, 0.25) is 5.91 Å². The Morgan fingerprint density at radius 2 is 1.86 bits per heavy atom. The van der Waals surface area contributed by atoms with Gasteiger partial charge in [-0.05, 0) is 43.2 Å². The molecule has 0 aliphatic heterocycles. The Labute approximate surface area is 135 Å². The number of carbonyl (C=O) groups excluding carboxylic acids is 1. The molecule has 0 heterocycles. The molecule has 0 atom stereocenters. The lowest BCUT2D eigenvalue weighted by molar-refractivity contribution is -0.114. The first-order valence-electron chi connectivity index (χ1n) is 6.94. The van der Waals surface area contributed by atoms with E-state index in [-0.39, 0.29) is 12.5 Å². The van der Waals surface area contributed by atoms with Crippen LogP contribution in [0.15, 0.2) is 36.4 Å². The minimum atomic E-state index is -0.164. The fraction of sp³-hybridized carbons (Fsp3) is 0.235. The summed E-state index contributed by atoms with van der Waals surface area (Å²) in [6.45, 7) is 4.18. The van der Waals surface area contributed by atoms with Crippen molar-refractivity contribution in [2.45, 2.75) is 13.8 Å². The predicted molar refractivity (Wildman–Crippen MR) is 91.0 cm³/mol. The van der Waals surface area contributed by atoms with Crippen molar-refractivity contribution in [3.63, 3.8) is 0 Å². The SMILES string of the molecule is COc1ccc(Cl)cc1NC(=O)CNc1c(C)cccc1C. The van der Waals surface area contributed by atoms with E-state index in [1.54, 1.807) is 25.3 Å². The van der Waals surface area contributed by atoms with E-state index in [4.69, 9.17) is 16.3 Å². The smallest absolute Gasteiger partial charge is 0.243 e. The normalized spacial score (nSPS) is 10.2. The Hall–Kier alpha value is -2.20. The van der Waals surface area contributed by atoms with Gasteiger partial charge in [-0.3, -0.25) is 4.79 Å². The second-order valence-electron chi connectivity index (χ2n) is 5.01. The number of rotatable bonds is 5. The number of hydrogen-bond donors (Lipinski definition) is 2. The molecular formula is C17H19ClN2O2. The lowest BCUT2D eigenvalue weighted by Gasteiger charge is -2.14. The third-order valence-electron chi connectivity index (χ3n) is 3.34. The van der Waals surface area contributed by atoms with Crippen LogP contribution in [0, 0.1) is 13.8 Å². The molecule has 0 spiro atoms. The van der Waals surface area contributed by atoms with Crippen LogP contribution in [-0.4, -0.2) is 19.6 Å². The van der Waals surface area contributed by atoms with E-state index >= 15 is 0 Å². The molecule has 2 aromatic carbocycles. The van der Waals surface area contributed by atoms with Gasteiger partial charge in [0, 0.05) is 10.7 Å². The monoisotopic (exact) mass is 318 g/mol. The summed E-state index contributed by atoms with van der Waals surface area (Å²) >= 11 is 5.95. The minimum Gasteiger partial charge on any atom is -0.495 e. The van der Waals surface area contributed by atoms with Crippen LogP contribution in [0.4, 0.5) is 11.4 Å². The molecule has 0 saturated heterocycles. The van der Waals surface area contributed by atoms with E-state index in [1.165, 1.54) is 0 Å². The number of halogens is 1. The number of para-hydroxylation sites is 1. The number of aryl methyl sites for hydroxylation is 2. The fourth-order valence-corrected chi connectivity index (χ4v) is 2.41. The molecule has 2 rings (SSSR count). The minimum absolute atomic E-state index is 0.164. The summed E-state index contributed by atoms with van der Waals surface area (Å²) in [7, 11) is 1.55. The molecule has 5 heteroatoms. The van der Waals surface area contributed by atoms with Gasteiger partial charge in [0.15, 0.2) is 0 Å². The average molecular weight is 319 g/mol. The number of hydrogen-bond acceptors (Lipinski definition) is 3. The molecule has 2 aromatic rings. The van der Waals surface area contributed by atoms with E-state index in [0.29, 0.717) is 16.5 Å². The molecule has 0 radical (unpaired) electrons. The van der Waals surface area contributed by atoms with Gasteiger partial charge in [-0.2, -0.15) is 0 Å². The van der Waals surface area contributed by atoms with Crippen LogP contribution in [0.25, 0.3) is 0 Å². The van der Waals surface area contributed by atoms with Gasteiger partial charge in [0.25, 0.3) is 0 Å². The van der Waals surface area contributed by atoms with Crippen LogP contribution in [0.1, 0.15) is 11.1 Å². The highest BCUT2D eigenvalue weighted by Gasteiger charge is 2.09. The Kier molecular flexibility index (Phi) is 5.28. The lowest BCUT2D eigenvalue weighted by atomic mass is 10.1. The van der Waals surface area contributed by atoms with Crippen LogP contribution in [0.5, 0.6) is 5.75 Å².